The van der Waals surface area contributed by atoms with Crippen LogP contribution < -0.4 is 0 Å². The third kappa shape index (κ3) is 17.1. The van der Waals surface area contributed by atoms with Crippen LogP contribution >= 0.6 is 0 Å². The summed E-state index contributed by atoms with van der Waals surface area (Å²) in [5.41, 5.74) is 0. The maximum absolute atomic E-state index is 11.7. The number of carbonyl (C=O) groups excluding carboxylic acids is 1. The minimum atomic E-state index is -0.0867. The fourth-order valence-electron chi connectivity index (χ4n) is 4.16. The molecule has 0 bridgehead atoms. The molecule has 2 atom stereocenters. The maximum atomic E-state index is 11.7. The number of esters is 1. The molecule has 1 fully saturated rings. The Labute approximate surface area is 186 Å². The summed E-state index contributed by atoms with van der Waals surface area (Å²) in [6.45, 7) is 7.14. The van der Waals surface area contributed by atoms with E-state index >= 15 is 0 Å². The molecule has 0 aromatic rings. The van der Waals surface area contributed by atoms with Crippen molar-refractivity contribution in [3.05, 3.63) is 0 Å². The summed E-state index contributed by atoms with van der Waals surface area (Å²) in [6, 6.07) is 0. The molecule has 2 unspecified atom stereocenters. The van der Waals surface area contributed by atoms with Crippen molar-refractivity contribution in [2.75, 3.05) is 33.0 Å². The number of ether oxygens (including phenoxy) is 3. The zero-order chi connectivity index (χ0) is 21.7. The molecular weight excluding hydrogens is 376 g/mol. The minimum Gasteiger partial charge on any atom is -0.463 e. The highest BCUT2D eigenvalue weighted by molar-refractivity contribution is 5.69. The van der Waals surface area contributed by atoms with Crippen LogP contribution in [0.3, 0.4) is 0 Å². The SMILES string of the molecule is CCCCCCCCC1CC1CCCCCCCC(=O)OCCOCCOCCC. The molecular formula is C26H50O4. The first kappa shape index (κ1) is 27.4. The Bertz CT molecular complexity index is 385. The van der Waals surface area contributed by atoms with Crippen LogP contribution in [0.15, 0.2) is 0 Å². The second-order valence-corrected chi connectivity index (χ2v) is 9.06. The number of hydrogen-bond donors (Lipinski definition) is 0. The van der Waals surface area contributed by atoms with Gasteiger partial charge in [-0.05, 0) is 31.1 Å². The highest BCUT2D eigenvalue weighted by Crippen LogP contribution is 2.45. The molecule has 1 rings (SSSR count). The van der Waals surface area contributed by atoms with E-state index in [1.807, 2.05) is 0 Å². The summed E-state index contributed by atoms with van der Waals surface area (Å²) in [6.07, 6.45) is 20.6. The monoisotopic (exact) mass is 426 g/mol. The van der Waals surface area contributed by atoms with Crippen LogP contribution in [0.2, 0.25) is 0 Å². The van der Waals surface area contributed by atoms with Crippen LogP contribution in [0.1, 0.15) is 117 Å². The number of unbranched alkanes of at least 4 members (excludes halogenated alkanes) is 9. The molecule has 0 aromatic carbocycles. The molecule has 0 aliphatic heterocycles. The summed E-state index contributed by atoms with van der Waals surface area (Å²) in [5.74, 6) is 2.01. The molecule has 0 aromatic heterocycles. The Morgan fingerprint density at radius 3 is 1.80 bits per heavy atom. The second kappa shape index (κ2) is 20.3. The van der Waals surface area contributed by atoms with Crippen LogP contribution in [-0.4, -0.2) is 39.0 Å². The summed E-state index contributed by atoms with van der Waals surface area (Å²) >= 11 is 0. The van der Waals surface area contributed by atoms with Gasteiger partial charge in [-0.15, -0.1) is 0 Å². The highest BCUT2D eigenvalue weighted by atomic mass is 16.6. The van der Waals surface area contributed by atoms with Gasteiger partial charge in [0.15, 0.2) is 0 Å². The van der Waals surface area contributed by atoms with E-state index in [0.717, 1.165) is 37.7 Å². The van der Waals surface area contributed by atoms with E-state index in [4.69, 9.17) is 14.2 Å². The number of carbonyl (C=O) groups is 1. The smallest absolute Gasteiger partial charge is 0.305 e. The maximum Gasteiger partial charge on any atom is 0.305 e. The van der Waals surface area contributed by atoms with E-state index in [0.29, 0.717) is 32.8 Å². The topological polar surface area (TPSA) is 44.8 Å². The van der Waals surface area contributed by atoms with E-state index in [1.54, 1.807) is 0 Å². The molecule has 178 valence electrons. The zero-order valence-corrected chi connectivity index (χ0v) is 20.1. The minimum absolute atomic E-state index is 0.0867. The molecule has 0 N–H and O–H groups in total. The first-order chi connectivity index (χ1) is 14.8. The van der Waals surface area contributed by atoms with Crippen LogP contribution in [0.25, 0.3) is 0 Å². The molecule has 0 saturated heterocycles. The van der Waals surface area contributed by atoms with Crippen LogP contribution in [0.4, 0.5) is 0 Å². The lowest BCUT2D eigenvalue weighted by molar-refractivity contribution is -0.145. The average molecular weight is 427 g/mol. The Balaban J connectivity index is 1.75. The van der Waals surface area contributed by atoms with Gasteiger partial charge in [-0.2, -0.15) is 0 Å². The molecule has 0 heterocycles. The molecule has 1 saturated carbocycles. The van der Waals surface area contributed by atoms with E-state index in [9.17, 15) is 4.79 Å². The third-order valence-electron chi connectivity index (χ3n) is 6.16. The normalized spacial score (nSPS) is 17.9. The Morgan fingerprint density at radius 1 is 0.633 bits per heavy atom. The van der Waals surface area contributed by atoms with E-state index in [-0.39, 0.29) is 5.97 Å². The van der Waals surface area contributed by atoms with E-state index in [1.165, 1.54) is 77.0 Å². The third-order valence-corrected chi connectivity index (χ3v) is 6.16. The van der Waals surface area contributed by atoms with Crippen molar-refractivity contribution in [1.82, 2.24) is 0 Å². The lowest BCUT2D eigenvalue weighted by Gasteiger charge is -2.07. The molecule has 0 amide bonds. The Hall–Kier alpha value is -0.610. The molecule has 4 heteroatoms. The van der Waals surface area contributed by atoms with E-state index in [2.05, 4.69) is 13.8 Å². The van der Waals surface area contributed by atoms with Crippen LogP contribution in [0.5, 0.6) is 0 Å². The standard InChI is InChI=1S/C26H50O4/c1-3-5-6-7-9-12-15-24-23-25(24)16-13-10-8-11-14-17-26(27)30-22-21-29-20-19-28-18-4-2/h24-25H,3-23H2,1-2H3. The van der Waals surface area contributed by atoms with Gasteiger partial charge >= 0.3 is 5.97 Å². The molecule has 1 aliphatic rings. The van der Waals surface area contributed by atoms with Crippen molar-refractivity contribution in [2.24, 2.45) is 11.8 Å². The zero-order valence-electron chi connectivity index (χ0n) is 20.1. The fourth-order valence-corrected chi connectivity index (χ4v) is 4.16. The quantitative estimate of drug-likeness (QED) is 0.129. The molecule has 0 radical (unpaired) electrons. The van der Waals surface area contributed by atoms with Crippen molar-refractivity contribution in [3.8, 4) is 0 Å². The van der Waals surface area contributed by atoms with Crippen LogP contribution in [-0.2, 0) is 19.0 Å². The molecule has 4 nitrogen and oxygen atoms in total. The van der Waals surface area contributed by atoms with E-state index < -0.39 is 0 Å². The first-order valence-corrected chi connectivity index (χ1v) is 13.1. The van der Waals surface area contributed by atoms with Crippen molar-refractivity contribution in [3.63, 3.8) is 0 Å². The van der Waals surface area contributed by atoms with Gasteiger partial charge in [0, 0.05) is 13.0 Å². The Morgan fingerprint density at radius 2 is 1.17 bits per heavy atom. The second-order valence-electron chi connectivity index (χ2n) is 9.06. The summed E-state index contributed by atoms with van der Waals surface area (Å²) in [7, 11) is 0. The van der Waals surface area contributed by atoms with Gasteiger partial charge in [0.05, 0.1) is 19.8 Å². The summed E-state index contributed by atoms with van der Waals surface area (Å²) < 4.78 is 15.9. The summed E-state index contributed by atoms with van der Waals surface area (Å²) in [5, 5.41) is 0. The predicted molar refractivity (Wildman–Crippen MR) is 125 cm³/mol. The van der Waals surface area contributed by atoms with Gasteiger partial charge < -0.3 is 14.2 Å². The molecule has 0 spiro atoms. The average Bonchev–Trinajstić information content (AvgIpc) is 3.50. The molecule has 30 heavy (non-hydrogen) atoms. The first-order valence-electron chi connectivity index (χ1n) is 13.1. The van der Waals surface area contributed by atoms with Gasteiger partial charge in [-0.1, -0.05) is 90.9 Å². The number of hydrogen-bond acceptors (Lipinski definition) is 4. The fraction of sp³-hybridized carbons (Fsp3) is 0.962. The van der Waals surface area contributed by atoms with Gasteiger partial charge in [-0.3, -0.25) is 4.79 Å². The van der Waals surface area contributed by atoms with Gasteiger partial charge in [0.1, 0.15) is 6.61 Å². The predicted octanol–water partition coefficient (Wildman–Crippen LogP) is 7.09. The lowest BCUT2D eigenvalue weighted by Crippen LogP contribution is -2.12. The van der Waals surface area contributed by atoms with Crippen LogP contribution in [0, 0.1) is 11.8 Å². The Kier molecular flexibility index (Phi) is 18.6. The van der Waals surface area contributed by atoms with Gasteiger partial charge in [0.25, 0.3) is 0 Å². The molecule has 1 aliphatic carbocycles. The lowest BCUT2D eigenvalue weighted by atomic mass is 10.0. The van der Waals surface area contributed by atoms with Crippen molar-refractivity contribution in [1.29, 1.82) is 0 Å². The van der Waals surface area contributed by atoms with Crippen molar-refractivity contribution in [2.45, 2.75) is 117 Å². The van der Waals surface area contributed by atoms with Gasteiger partial charge in [-0.25, -0.2) is 0 Å². The number of rotatable bonds is 23. The van der Waals surface area contributed by atoms with Gasteiger partial charge in [0.2, 0.25) is 0 Å². The largest absolute Gasteiger partial charge is 0.463 e. The highest BCUT2D eigenvalue weighted by Gasteiger charge is 2.34. The summed E-state index contributed by atoms with van der Waals surface area (Å²) in [4.78, 5) is 11.7. The van der Waals surface area contributed by atoms with Crippen molar-refractivity contribution >= 4 is 5.97 Å². The van der Waals surface area contributed by atoms with Crippen molar-refractivity contribution < 1.29 is 19.0 Å².